The number of methoxy groups -OCH3 is 1. The summed E-state index contributed by atoms with van der Waals surface area (Å²) in [6.07, 6.45) is 37.9. The average molecular weight is 1090 g/mol. The number of aromatic nitrogens is 4. The van der Waals surface area contributed by atoms with E-state index in [9.17, 15) is 28.6 Å². The number of anilines is 1. The van der Waals surface area contributed by atoms with Crippen LogP contribution in [0.15, 0.2) is 53.4 Å². The maximum absolute atomic E-state index is 12.9. The Labute approximate surface area is 452 Å². The van der Waals surface area contributed by atoms with Crippen LogP contribution in [-0.2, 0) is 44.0 Å². The van der Waals surface area contributed by atoms with Crippen molar-refractivity contribution in [1.82, 2.24) is 24.8 Å². The van der Waals surface area contributed by atoms with Crippen LogP contribution in [0.3, 0.4) is 0 Å². The molecule has 0 aliphatic heterocycles. The third-order valence-corrected chi connectivity index (χ3v) is 13.8. The van der Waals surface area contributed by atoms with Gasteiger partial charge in [-0.25, -0.2) is 9.36 Å². The molecule has 2 unspecified atom stereocenters. The van der Waals surface area contributed by atoms with E-state index >= 15 is 0 Å². The number of amides is 1. The number of phosphoric ester groups is 1. The lowest BCUT2D eigenvalue weighted by molar-refractivity contribution is -0.161. The summed E-state index contributed by atoms with van der Waals surface area (Å²) < 4.78 is 46.2. The number of hydrogen-bond donors (Lipinski definition) is 4. The zero-order valence-corrected chi connectivity index (χ0v) is 47.1. The summed E-state index contributed by atoms with van der Waals surface area (Å²) in [6, 6.07) is 6.48. The second kappa shape index (κ2) is 41.3. The van der Waals surface area contributed by atoms with Crippen molar-refractivity contribution in [3.8, 4) is 6.01 Å². The van der Waals surface area contributed by atoms with E-state index in [1.807, 2.05) is 0 Å². The molecule has 0 saturated heterocycles. The lowest BCUT2D eigenvalue weighted by atomic mass is 10.1. The van der Waals surface area contributed by atoms with Gasteiger partial charge in [-0.2, -0.15) is 9.97 Å². The molecule has 2 aromatic heterocycles. The van der Waals surface area contributed by atoms with Gasteiger partial charge in [0.2, 0.25) is 0 Å². The number of allylic oxidation sites excluding steroid dienone is 4. The first-order chi connectivity index (χ1) is 37.0. The smallest absolute Gasteiger partial charge is 0.462 e. The molecule has 1 aromatic carbocycles. The normalized spacial score (nSPS) is 12.9. The Balaban J connectivity index is 1.41. The summed E-state index contributed by atoms with van der Waals surface area (Å²) in [7, 11) is -3.16. The number of hydrogen-bond acceptors (Lipinski definition) is 14. The van der Waals surface area contributed by atoms with Crippen LogP contribution in [0.5, 0.6) is 6.01 Å². The number of H-pyrrole nitrogens is 1. The molecule has 428 valence electrons. The van der Waals surface area contributed by atoms with Crippen molar-refractivity contribution < 1.29 is 51.8 Å². The van der Waals surface area contributed by atoms with Gasteiger partial charge in [0.15, 0.2) is 17.6 Å². The van der Waals surface area contributed by atoms with Crippen LogP contribution in [0.25, 0.3) is 11.2 Å². The highest BCUT2D eigenvalue weighted by atomic mass is 31.2. The quantitative estimate of drug-likeness (QED) is 0.0178. The molecule has 0 bridgehead atoms. The van der Waals surface area contributed by atoms with E-state index in [-0.39, 0.29) is 74.3 Å². The number of esters is 2. The van der Waals surface area contributed by atoms with E-state index in [1.165, 1.54) is 88.7 Å². The van der Waals surface area contributed by atoms with Crippen molar-refractivity contribution in [3.63, 3.8) is 0 Å². The molecule has 0 radical (unpaired) electrons. The molecule has 3 aromatic rings. The topological polar surface area (TPSA) is 246 Å². The summed E-state index contributed by atoms with van der Waals surface area (Å²) in [5.41, 5.74) is 7.08. The Morgan fingerprint density at radius 2 is 1.22 bits per heavy atom. The number of fused-ring (bicyclic) bond motifs is 1. The van der Waals surface area contributed by atoms with Gasteiger partial charge in [-0.3, -0.25) is 28.0 Å². The van der Waals surface area contributed by atoms with E-state index in [4.69, 9.17) is 33.7 Å². The number of carbonyl (C=O) groups excluding carboxylic acids is 3. The van der Waals surface area contributed by atoms with Crippen molar-refractivity contribution >= 4 is 42.7 Å². The molecule has 0 spiro atoms. The fourth-order valence-electron chi connectivity index (χ4n) is 8.34. The molecule has 19 heteroatoms. The number of carbonyl (C=O) groups is 3. The zero-order chi connectivity index (χ0) is 54.9. The largest absolute Gasteiger partial charge is 0.472 e. The Hall–Kier alpha value is -4.87. The van der Waals surface area contributed by atoms with Gasteiger partial charge in [-0.1, -0.05) is 153 Å². The first-order valence-electron chi connectivity index (χ1n) is 28.5. The number of ether oxygens (including phenoxy) is 4. The number of nitrogens with two attached hydrogens (primary N) is 1. The summed E-state index contributed by atoms with van der Waals surface area (Å²) >= 11 is 0. The van der Waals surface area contributed by atoms with Gasteiger partial charge in [-0.15, -0.1) is 0 Å². The van der Waals surface area contributed by atoms with Crippen LogP contribution in [0.1, 0.15) is 210 Å². The lowest BCUT2D eigenvalue weighted by Gasteiger charge is -2.20. The van der Waals surface area contributed by atoms with Crippen molar-refractivity contribution in [2.75, 3.05) is 52.4 Å². The van der Waals surface area contributed by atoms with E-state index < -0.39 is 44.1 Å². The molecule has 5 N–H and O–H groups in total. The van der Waals surface area contributed by atoms with Crippen molar-refractivity contribution in [2.45, 2.75) is 206 Å². The van der Waals surface area contributed by atoms with Crippen LogP contribution in [0.2, 0.25) is 0 Å². The standard InChI is InChI=1S/C57H93N6O12P/c1-4-6-8-10-12-14-16-18-20-22-24-26-28-30-32-34-50(64)72-45-49(75-51(65)35-33-31-29-27-25-23-21-19-17-15-13-11-9-7-5-2)46-74-76(68,69)73-41-40-59-55(66)48-38-36-47(37-39-48)44-63-54-52(60-57(63)67)53(58)61-56(62-54)71-43-42-70-3/h18-21,36-39,49H,4-17,22-35,40-46H2,1-3H3,(H,59,66)(H,60,67)(H,68,69)(H2,58,61,62). The van der Waals surface area contributed by atoms with Crippen LogP contribution in [0, 0.1) is 0 Å². The Morgan fingerprint density at radius 3 is 1.78 bits per heavy atom. The number of phosphoric acid groups is 1. The van der Waals surface area contributed by atoms with Gasteiger partial charge >= 0.3 is 31.5 Å². The van der Waals surface area contributed by atoms with Gasteiger partial charge in [0.1, 0.15) is 18.7 Å². The number of rotatable bonds is 47. The van der Waals surface area contributed by atoms with Crippen LogP contribution in [0.4, 0.5) is 5.82 Å². The monoisotopic (exact) mass is 1080 g/mol. The van der Waals surface area contributed by atoms with Crippen molar-refractivity contribution in [2.24, 2.45) is 0 Å². The highest BCUT2D eigenvalue weighted by molar-refractivity contribution is 7.47. The number of nitrogens with zero attached hydrogens (tertiary/aromatic N) is 3. The molecule has 0 fully saturated rings. The van der Waals surface area contributed by atoms with E-state index in [2.05, 4.69) is 58.4 Å². The van der Waals surface area contributed by atoms with Gasteiger partial charge in [0.25, 0.3) is 5.91 Å². The first kappa shape index (κ1) is 65.4. The van der Waals surface area contributed by atoms with Crippen LogP contribution >= 0.6 is 7.82 Å². The minimum absolute atomic E-state index is 0.00346. The molecular formula is C57H93N6O12P. The summed E-state index contributed by atoms with van der Waals surface area (Å²) in [6.45, 7) is 3.66. The fourth-order valence-corrected chi connectivity index (χ4v) is 9.10. The molecule has 0 aliphatic carbocycles. The molecule has 76 heavy (non-hydrogen) atoms. The predicted molar refractivity (Wildman–Crippen MR) is 299 cm³/mol. The minimum atomic E-state index is -4.69. The highest BCUT2D eigenvalue weighted by Gasteiger charge is 2.26. The minimum Gasteiger partial charge on any atom is -0.462 e. The second-order valence-electron chi connectivity index (χ2n) is 19.5. The molecule has 1 amide bonds. The Bertz CT molecular complexity index is 2210. The van der Waals surface area contributed by atoms with E-state index in [0.29, 0.717) is 25.0 Å². The SMILES string of the molecule is CCCCCCCCC=CCCCCCCCC(=O)OCC(COP(=O)(O)OCCNC(=O)c1ccc(Cn2c(=O)[nH]c3c(N)nc(OCCOC)nc32)cc1)OC(=O)CCCCCCCC=CCCCCCCCC. The van der Waals surface area contributed by atoms with Crippen molar-refractivity contribution in [3.05, 3.63) is 70.2 Å². The molecule has 18 nitrogen and oxygen atoms in total. The van der Waals surface area contributed by atoms with Gasteiger partial charge in [0, 0.05) is 32.1 Å². The van der Waals surface area contributed by atoms with Gasteiger partial charge in [0.05, 0.1) is 26.4 Å². The van der Waals surface area contributed by atoms with Crippen LogP contribution in [-0.4, -0.2) is 95.1 Å². The predicted octanol–water partition coefficient (Wildman–Crippen LogP) is 12.2. The van der Waals surface area contributed by atoms with E-state index in [1.54, 1.807) is 24.3 Å². The number of nitrogens with one attached hydrogen (secondary N) is 2. The molecular weight excluding hydrogens is 992 g/mol. The fraction of sp³-hybridized carbons (Fsp3) is 0.684. The maximum Gasteiger partial charge on any atom is 0.472 e. The number of aromatic amines is 1. The van der Waals surface area contributed by atoms with Gasteiger partial charge in [-0.05, 0) is 81.9 Å². The van der Waals surface area contributed by atoms with Crippen LogP contribution < -0.4 is 21.5 Å². The molecule has 2 heterocycles. The number of imidazole rings is 1. The van der Waals surface area contributed by atoms with E-state index in [0.717, 1.165) is 77.0 Å². The third kappa shape index (κ3) is 30.2. The maximum atomic E-state index is 12.9. The number of unbranched alkanes of at least 4 members (excludes halogenated alkanes) is 22. The van der Waals surface area contributed by atoms with Crippen molar-refractivity contribution in [1.29, 1.82) is 0 Å². The lowest BCUT2D eigenvalue weighted by Crippen LogP contribution is -2.30. The average Bonchev–Trinajstić information content (AvgIpc) is 3.74. The van der Waals surface area contributed by atoms with Gasteiger partial charge < -0.3 is 39.9 Å². The second-order valence-corrected chi connectivity index (χ2v) is 20.9. The number of nitrogen functional groups attached to an aromatic ring is 1. The molecule has 0 saturated carbocycles. The Morgan fingerprint density at radius 1 is 0.697 bits per heavy atom. The molecule has 0 aliphatic rings. The summed E-state index contributed by atoms with van der Waals surface area (Å²) in [5.74, 6) is -1.40. The zero-order valence-electron chi connectivity index (χ0n) is 46.2. The molecule has 3 rings (SSSR count). The molecule has 2 atom stereocenters. The Kier molecular flexibility index (Phi) is 35.5. The first-order valence-corrected chi connectivity index (χ1v) is 30.0. The summed E-state index contributed by atoms with van der Waals surface area (Å²) in [5, 5.41) is 2.63. The third-order valence-electron chi connectivity index (χ3n) is 12.8. The highest BCUT2D eigenvalue weighted by Crippen LogP contribution is 2.43. The summed E-state index contributed by atoms with van der Waals surface area (Å²) in [4.78, 5) is 73.0. The number of benzene rings is 1.